The second-order valence-electron chi connectivity index (χ2n) is 5.67. The van der Waals surface area contributed by atoms with Gasteiger partial charge in [-0.15, -0.1) is 0 Å². The molecule has 7 nitrogen and oxygen atoms in total. The van der Waals surface area contributed by atoms with Crippen molar-refractivity contribution in [2.24, 2.45) is 27.9 Å². The third kappa shape index (κ3) is 52.3. The van der Waals surface area contributed by atoms with E-state index in [0.717, 1.165) is 19.5 Å². The van der Waals surface area contributed by atoms with E-state index in [1.54, 1.807) is 13.2 Å². The molecule has 0 aliphatic carbocycles. The Morgan fingerprint density at radius 3 is 1.71 bits per heavy atom. The fraction of sp³-hybridized carbons (Fsp3) is 0.542. The maximum atomic E-state index is 5.14. The van der Waals surface area contributed by atoms with Crippen LogP contribution in [-0.2, 0) is 6.54 Å². The Bertz CT molecular complexity index is 467. The van der Waals surface area contributed by atoms with Gasteiger partial charge in [0.2, 0.25) is 0 Å². The number of rotatable bonds is 6. The Labute approximate surface area is 193 Å². The molecular formula is C24H53N7. The number of amidine groups is 1. The molecule has 31 heavy (non-hydrogen) atoms. The van der Waals surface area contributed by atoms with E-state index in [-0.39, 0.29) is 0 Å². The van der Waals surface area contributed by atoms with Crippen LogP contribution in [0.5, 0.6) is 0 Å². The van der Waals surface area contributed by atoms with Crippen molar-refractivity contribution in [1.82, 2.24) is 10.6 Å². The van der Waals surface area contributed by atoms with Gasteiger partial charge in [0.1, 0.15) is 5.84 Å². The molecule has 0 saturated carbocycles. The predicted octanol–water partition coefficient (Wildman–Crippen LogP) is 3.59. The molecule has 0 bridgehead atoms. The Morgan fingerprint density at radius 1 is 1.06 bits per heavy atom. The van der Waals surface area contributed by atoms with Gasteiger partial charge in [0.15, 0.2) is 0 Å². The molecule has 0 amide bonds. The lowest BCUT2D eigenvalue weighted by Crippen LogP contribution is -2.22. The fourth-order valence-electron chi connectivity index (χ4n) is 1.18. The third-order valence-electron chi connectivity index (χ3n) is 2.52. The standard InChI is InChI=1S/C9H13N.C4H9N3.C3H8N2.C3H9N.C3H8.C2H6/c1-8-3-5-9(6-4-8)7-10-2;1-2-7-4(6)3-5;1-5-3-2-4;1-2-3-4;1-3-2;1-2/h3-6,10H,7H2,1-2H3;2H,1,3,5H2,(H2,6,7);2-3,5H,4H2,1H3;2-4H2,1H3;3H2,1-2H3;1-2H3/b;;3-2-;;;. The maximum Gasteiger partial charge on any atom is 0.113 e. The summed E-state index contributed by atoms with van der Waals surface area (Å²) in [4.78, 5) is 3.58. The average molecular weight is 440 g/mol. The highest BCUT2D eigenvalue weighted by molar-refractivity contribution is 5.82. The first kappa shape index (κ1) is 39.2. The zero-order valence-electron chi connectivity index (χ0n) is 21.5. The van der Waals surface area contributed by atoms with Crippen LogP contribution >= 0.6 is 0 Å². The summed E-state index contributed by atoms with van der Waals surface area (Å²) in [5, 5.41) is 5.82. The largest absolute Gasteiger partial charge is 0.403 e. The van der Waals surface area contributed by atoms with Crippen LogP contribution in [0.3, 0.4) is 0 Å². The van der Waals surface area contributed by atoms with E-state index in [9.17, 15) is 0 Å². The Kier molecular flexibility index (Phi) is 52.9. The first-order valence-electron chi connectivity index (χ1n) is 11.0. The van der Waals surface area contributed by atoms with E-state index < -0.39 is 0 Å². The molecule has 0 radical (unpaired) electrons. The minimum atomic E-state index is 0.298. The van der Waals surface area contributed by atoms with Gasteiger partial charge in [0, 0.05) is 32.2 Å². The summed E-state index contributed by atoms with van der Waals surface area (Å²) in [5.74, 6) is 0.412. The molecule has 0 aliphatic heterocycles. The Balaban J connectivity index is -0.0000000951. The van der Waals surface area contributed by atoms with Crippen LogP contribution in [0, 0.1) is 6.92 Å². The van der Waals surface area contributed by atoms with Crippen molar-refractivity contribution in [2.75, 3.05) is 27.2 Å². The van der Waals surface area contributed by atoms with Crippen molar-refractivity contribution in [3.63, 3.8) is 0 Å². The van der Waals surface area contributed by atoms with E-state index in [2.05, 4.69) is 74.2 Å². The molecule has 0 aliphatic rings. The van der Waals surface area contributed by atoms with Crippen molar-refractivity contribution >= 4 is 5.84 Å². The highest BCUT2D eigenvalue weighted by Gasteiger charge is 1.87. The highest BCUT2D eigenvalue weighted by atomic mass is 14.9. The fourth-order valence-corrected chi connectivity index (χ4v) is 1.18. The molecule has 0 aromatic heterocycles. The van der Waals surface area contributed by atoms with Crippen LogP contribution in [0.15, 0.2) is 54.4 Å². The number of benzene rings is 1. The predicted molar refractivity (Wildman–Crippen MR) is 144 cm³/mol. The van der Waals surface area contributed by atoms with E-state index in [1.807, 2.05) is 20.9 Å². The highest BCUT2D eigenvalue weighted by Crippen LogP contribution is 2.01. The maximum absolute atomic E-state index is 5.14. The number of nitrogens with one attached hydrogen (secondary N) is 2. The number of hydrogen-bond acceptors (Lipinski definition) is 6. The molecule has 10 N–H and O–H groups in total. The molecule has 0 unspecified atom stereocenters. The lowest BCUT2D eigenvalue weighted by molar-refractivity contribution is 0.817. The lowest BCUT2D eigenvalue weighted by atomic mass is 10.1. The molecule has 0 spiro atoms. The average Bonchev–Trinajstić information content (AvgIpc) is 2.79. The van der Waals surface area contributed by atoms with Crippen molar-refractivity contribution in [1.29, 1.82) is 0 Å². The Morgan fingerprint density at radius 2 is 1.52 bits per heavy atom. The summed E-state index contributed by atoms with van der Waals surface area (Å²) in [5.41, 5.74) is 22.8. The summed E-state index contributed by atoms with van der Waals surface area (Å²) in [6.07, 6.45) is 6.81. The molecule has 0 atom stereocenters. The third-order valence-corrected chi connectivity index (χ3v) is 2.52. The molecule has 0 fully saturated rings. The number of aliphatic imine (C=N–C) groups is 1. The van der Waals surface area contributed by atoms with Crippen LogP contribution in [0.25, 0.3) is 0 Å². The minimum Gasteiger partial charge on any atom is -0.403 e. The smallest absolute Gasteiger partial charge is 0.113 e. The van der Waals surface area contributed by atoms with E-state index in [1.165, 1.54) is 29.9 Å². The molecule has 7 heteroatoms. The zero-order valence-corrected chi connectivity index (χ0v) is 21.5. The zero-order chi connectivity index (χ0) is 25.3. The molecule has 184 valence electrons. The van der Waals surface area contributed by atoms with Gasteiger partial charge in [0.25, 0.3) is 0 Å². The number of hydrogen-bond donors (Lipinski definition) is 6. The van der Waals surface area contributed by atoms with Crippen LogP contribution in [-0.4, -0.2) is 33.0 Å². The van der Waals surface area contributed by atoms with Crippen molar-refractivity contribution in [3.8, 4) is 0 Å². The Hall–Kier alpha value is -2.35. The normalized spacial score (nSPS) is 8.90. The summed E-state index contributed by atoms with van der Waals surface area (Å²) >= 11 is 0. The summed E-state index contributed by atoms with van der Waals surface area (Å²) in [6.45, 7) is 17.8. The minimum absolute atomic E-state index is 0.298. The quantitative estimate of drug-likeness (QED) is 0.295. The molecule has 1 aromatic rings. The molecule has 1 rings (SSSR count). The monoisotopic (exact) mass is 439 g/mol. The van der Waals surface area contributed by atoms with E-state index in [0.29, 0.717) is 12.4 Å². The van der Waals surface area contributed by atoms with Gasteiger partial charge in [-0.25, -0.2) is 4.99 Å². The van der Waals surface area contributed by atoms with Crippen molar-refractivity contribution < 1.29 is 0 Å². The lowest BCUT2D eigenvalue weighted by Gasteiger charge is -1.98. The number of nitrogens with two attached hydrogens (primary N) is 4. The van der Waals surface area contributed by atoms with Crippen LogP contribution in [0.1, 0.15) is 58.6 Å². The second kappa shape index (κ2) is 41.9. The van der Waals surface area contributed by atoms with Gasteiger partial charge in [-0.05, 0) is 32.5 Å². The van der Waals surface area contributed by atoms with Gasteiger partial charge < -0.3 is 33.6 Å². The number of nitrogens with zero attached hydrogens (tertiary/aromatic N) is 1. The van der Waals surface area contributed by atoms with Gasteiger partial charge in [-0.3, -0.25) is 0 Å². The van der Waals surface area contributed by atoms with Crippen molar-refractivity contribution in [2.45, 2.75) is 60.9 Å². The topological polar surface area (TPSA) is 140 Å². The number of aryl methyl sites for hydroxylation is 1. The second-order valence-corrected chi connectivity index (χ2v) is 5.67. The van der Waals surface area contributed by atoms with Gasteiger partial charge in [-0.1, -0.05) is 77.4 Å². The summed E-state index contributed by atoms with van der Waals surface area (Å²) < 4.78 is 0. The van der Waals surface area contributed by atoms with Gasteiger partial charge >= 0.3 is 0 Å². The van der Waals surface area contributed by atoms with Gasteiger partial charge in [-0.2, -0.15) is 0 Å². The molecular weight excluding hydrogens is 386 g/mol. The molecule has 0 heterocycles. The van der Waals surface area contributed by atoms with Crippen LogP contribution in [0.2, 0.25) is 0 Å². The van der Waals surface area contributed by atoms with E-state index >= 15 is 0 Å². The van der Waals surface area contributed by atoms with Crippen LogP contribution in [0.4, 0.5) is 0 Å². The summed E-state index contributed by atoms with van der Waals surface area (Å²) in [6, 6.07) is 8.55. The first-order valence-corrected chi connectivity index (χ1v) is 11.0. The van der Waals surface area contributed by atoms with Crippen molar-refractivity contribution in [3.05, 3.63) is 60.6 Å². The van der Waals surface area contributed by atoms with Crippen LogP contribution < -0.4 is 33.6 Å². The van der Waals surface area contributed by atoms with Gasteiger partial charge in [0.05, 0.1) is 6.54 Å². The SMILES string of the molecule is C=CN=C(N)CN.CC.CCC.CCCN.CN/C=C\N.CNCc1ccc(C)cc1. The summed E-state index contributed by atoms with van der Waals surface area (Å²) in [7, 11) is 3.75. The van der Waals surface area contributed by atoms with E-state index in [4.69, 9.17) is 22.9 Å². The molecule has 0 saturated heterocycles. The molecule has 1 aromatic carbocycles. The first-order chi connectivity index (χ1) is 14.9.